The van der Waals surface area contributed by atoms with Crippen molar-refractivity contribution in [3.05, 3.63) is 39.9 Å². The van der Waals surface area contributed by atoms with Crippen molar-refractivity contribution in [1.29, 1.82) is 0 Å². The Bertz CT molecular complexity index is 640. The van der Waals surface area contributed by atoms with Crippen molar-refractivity contribution in [1.82, 2.24) is 5.32 Å². The molecule has 3 rings (SSSR count). The Morgan fingerprint density at radius 2 is 1.91 bits per heavy atom. The number of benzene rings is 1. The van der Waals surface area contributed by atoms with Crippen LogP contribution in [0.4, 0.5) is 5.69 Å². The van der Waals surface area contributed by atoms with Crippen molar-refractivity contribution in [2.45, 2.75) is 31.5 Å². The highest BCUT2D eigenvalue weighted by Gasteiger charge is 2.74. The molecule has 0 spiro atoms. The van der Waals surface area contributed by atoms with Crippen LogP contribution in [-0.2, 0) is 13.6 Å². The number of nitrogens with zero attached hydrogens (tertiary/aromatic N) is 1. The topological polar surface area (TPSA) is 90.7 Å². The molecule has 1 heterocycles. The first kappa shape index (κ1) is 16.6. The number of hydrogen-bond acceptors (Lipinski definition) is 6. The first-order valence-corrected chi connectivity index (χ1v) is 9.39. The summed E-state index contributed by atoms with van der Waals surface area (Å²) < 4.78 is 24.5. The second-order valence-corrected chi connectivity index (χ2v) is 8.26. The van der Waals surface area contributed by atoms with Gasteiger partial charge in [-0.1, -0.05) is 12.1 Å². The van der Waals surface area contributed by atoms with Gasteiger partial charge in [0.25, 0.3) is 5.69 Å². The third kappa shape index (κ3) is 2.52. The van der Waals surface area contributed by atoms with Crippen LogP contribution in [0.15, 0.2) is 24.3 Å². The van der Waals surface area contributed by atoms with Crippen LogP contribution < -0.4 is 5.32 Å². The van der Waals surface area contributed by atoms with Gasteiger partial charge in [0.15, 0.2) is 0 Å². The van der Waals surface area contributed by atoms with Crippen LogP contribution in [0.1, 0.15) is 31.9 Å². The summed E-state index contributed by atoms with van der Waals surface area (Å²) in [5, 5.41) is 13.6. The molecule has 1 aliphatic heterocycles. The fraction of sp³-hybridized carbons (Fsp3) is 0.600. The van der Waals surface area contributed by atoms with Crippen LogP contribution in [0.2, 0.25) is 0 Å². The third-order valence-electron chi connectivity index (χ3n) is 4.73. The smallest absolute Gasteiger partial charge is 0.309 e. The quantitative estimate of drug-likeness (QED) is 0.465. The molecule has 1 aliphatic carbocycles. The second-order valence-electron chi connectivity index (χ2n) is 5.92. The molecule has 1 saturated heterocycles. The molecular formula is C15H21N2O5P. The largest absolute Gasteiger partial charge is 0.338 e. The molecule has 8 heteroatoms. The Hall–Kier alpha value is -1.27. The van der Waals surface area contributed by atoms with E-state index < -0.39 is 17.7 Å². The number of hydrogen-bond donors (Lipinski definition) is 1. The number of fused-ring (bicyclic) bond motifs is 1. The predicted molar refractivity (Wildman–Crippen MR) is 85.5 cm³/mol. The Morgan fingerprint density at radius 1 is 1.30 bits per heavy atom. The van der Waals surface area contributed by atoms with Crippen LogP contribution in [0.5, 0.6) is 0 Å². The zero-order valence-electron chi connectivity index (χ0n) is 13.2. The zero-order valence-corrected chi connectivity index (χ0v) is 14.1. The summed E-state index contributed by atoms with van der Waals surface area (Å²) in [6, 6.07) is 6.23. The monoisotopic (exact) mass is 340 g/mol. The molecule has 1 N–H and O–H groups in total. The maximum atomic E-state index is 13.3. The number of non-ortho nitro benzene ring substituents is 1. The highest BCUT2D eigenvalue weighted by atomic mass is 31.2. The fourth-order valence-electron chi connectivity index (χ4n) is 3.68. The predicted octanol–water partition coefficient (Wildman–Crippen LogP) is 3.26. The molecule has 0 amide bonds. The van der Waals surface area contributed by atoms with Gasteiger partial charge in [0.1, 0.15) is 0 Å². The lowest BCUT2D eigenvalue weighted by Crippen LogP contribution is -2.29. The summed E-state index contributed by atoms with van der Waals surface area (Å²) in [6.07, 6.45) is 0.791. The number of nitro benzene ring substituents is 1. The summed E-state index contributed by atoms with van der Waals surface area (Å²) in [5.41, 5.74) is 0.932. The zero-order chi connectivity index (χ0) is 16.7. The van der Waals surface area contributed by atoms with Crippen molar-refractivity contribution < 1.29 is 18.5 Å². The van der Waals surface area contributed by atoms with Crippen LogP contribution in [0, 0.1) is 16.0 Å². The molecular weight excluding hydrogens is 319 g/mol. The van der Waals surface area contributed by atoms with E-state index in [-0.39, 0.29) is 17.6 Å². The minimum Gasteiger partial charge on any atom is -0.309 e. The van der Waals surface area contributed by atoms with Gasteiger partial charge >= 0.3 is 7.60 Å². The average Bonchev–Trinajstić information content (AvgIpc) is 3.15. The third-order valence-corrected chi connectivity index (χ3v) is 7.76. The van der Waals surface area contributed by atoms with Gasteiger partial charge in [0.05, 0.1) is 23.3 Å². The lowest BCUT2D eigenvalue weighted by Gasteiger charge is -2.30. The SMILES string of the molecule is CCOP(=O)(OCC)C12CC1CNC2c1ccc([N+](=O)[O-])cc1. The molecule has 7 nitrogen and oxygen atoms in total. The van der Waals surface area contributed by atoms with E-state index in [0.29, 0.717) is 13.2 Å². The van der Waals surface area contributed by atoms with Crippen molar-refractivity contribution in [3.63, 3.8) is 0 Å². The first-order chi connectivity index (χ1) is 11.0. The Morgan fingerprint density at radius 3 is 2.39 bits per heavy atom. The molecule has 3 unspecified atom stereocenters. The van der Waals surface area contributed by atoms with E-state index >= 15 is 0 Å². The van der Waals surface area contributed by atoms with Crippen molar-refractivity contribution in [2.75, 3.05) is 19.8 Å². The van der Waals surface area contributed by atoms with Crippen LogP contribution >= 0.6 is 7.60 Å². The molecule has 1 saturated carbocycles. The molecule has 2 fully saturated rings. The van der Waals surface area contributed by atoms with E-state index in [0.717, 1.165) is 18.5 Å². The highest BCUT2D eigenvalue weighted by Crippen LogP contribution is 2.79. The van der Waals surface area contributed by atoms with Gasteiger partial charge in [-0.25, -0.2) is 0 Å². The maximum Gasteiger partial charge on any atom is 0.338 e. The first-order valence-electron chi connectivity index (χ1n) is 7.85. The van der Waals surface area contributed by atoms with E-state index in [1.807, 2.05) is 13.8 Å². The Labute approximate surface area is 135 Å². The normalized spacial score (nSPS) is 29.3. The molecule has 0 radical (unpaired) electrons. The van der Waals surface area contributed by atoms with Crippen LogP contribution in [0.3, 0.4) is 0 Å². The summed E-state index contributed by atoms with van der Waals surface area (Å²) in [6.45, 7) is 5.04. The van der Waals surface area contributed by atoms with Crippen molar-refractivity contribution in [3.8, 4) is 0 Å². The standard InChI is InChI=1S/C15H21N2O5P/c1-3-21-23(20,22-4-2)15-9-12(15)10-16-14(15)11-5-7-13(8-6-11)17(18)19/h5-8,12,14,16H,3-4,9-10H2,1-2H3. The van der Waals surface area contributed by atoms with Gasteiger partial charge in [-0.3, -0.25) is 14.7 Å². The number of rotatable bonds is 7. The van der Waals surface area contributed by atoms with Gasteiger partial charge in [-0.2, -0.15) is 0 Å². The summed E-state index contributed by atoms with van der Waals surface area (Å²) in [7, 11) is -3.25. The summed E-state index contributed by atoms with van der Waals surface area (Å²) in [4.78, 5) is 10.4. The lowest BCUT2D eigenvalue weighted by molar-refractivity contribution is -0.384. The van der Waals surface area contributed by atoms with Crippen LogP contribution in [-0.4, -0.2) is 29.8 Å². The summed E-state index contributed by atoms with van der Waals surface area (Å²) in [5.74, 6) is 0.256. The Kier molecular flexibility index (Phi) is 4.31. The van der Waals surface area contributed by atoms with E-state index in [9.17, 15) is 14.7 Å². The van der Waals surface area contributed by atoms with E-state index in [1.165, 1.54) is 12.1 Å². The van der Waals surface area contributed by atoms with Crippen molar-refractivity contribution >= 4 is 13.3 Å². The fourth-order valence-corrected chi connectivity index (χ4v) is 6.46. The van der Waals surface area contributed by atoms with E-state index in [4.69, 9.17) is 9.05 Å². The molecule has 126 valence electrons. The minimum atomic E-state index is -3.25. The van der Waals surface area contributed by atoms with Crippen molar-refractivity contribution in [2.24, 2.45) is 5.92 Å². The molecule has 0 bridgehead atoms. The van der Waals surface area contributed by atoms with Gasteiger partial charge in [0.2, 0.25) is 0 Å². The minimum absolute atomic E-state index is 0.0472. The highest BCUT2D eigenvalue weighted by molar-refractivity contribution is 7.56. The average molecular weight is 340 g/mol. The van der Waals surface area contributed by atoms with E-state index in [2.05, 4.69) is 5.32 Å². The van der Waals surface area contributed by atoms with Gasteiger partial charge < -0.3 is 14.4 Å². The molecule has 1 aromatic carbocycles. The lowest BCUT2D eigenvalue weighted by atomic mass is 10.0. The molecule has 0 aromatic heterocycles. The summed E-state index contributed by atoms with van der Waals surface area (Å²) >= 11 is 0. The van der Waals surface area contributed by atoms with E-state index in [1.54, 1.807) is 12.1 Å². The number of nitro groups is 1. The molecule has 1 aromatic rings. The number of piperidine rings is 1. The van der Waals surface area contributed by atoms with Gasteiger partial charge in [-0.15, -0.1) is 0 Å². The molecule has 3 atom stereocenters. The van der Waals surface area contributed by atoms with Crippen LogP contribution in [0.25, 0.3) is 0 Å². The number of nitrogens with one attached hydrogen (secondary N) is 1. The molecule has 23 heavy (non-hydrogen) atoms. The molecule has 2 aliphatic rings. The second kappa shape index (κ2) is 5.98. The van der Waals surface area contributed by atoms with Gasteiger partial charge in [0, 0.05) is 18.2 Å². The Balaban J connectivity index is 1.93. The maximum absolute atomic E-state index is 13.3. The van der Waals surface area contributed by atoms with Gasteiger partial charge in [-0.05, 0) is 38.3 Å².